The summed E-state index contributed by atoms with van der Waals surface area (Å²) in [4.78, 5) is 31.8. The number of amides is 2. The lowest BCUT2D eigenvalue weighted by molar-refractivity contribution is -0.148. The van der Waals surface area contributed by atoms with Crippen molar-refractivity contribution in [2.75, 3.05) is 6.54 Å². The lowest BCUT2D eigenvalue weighted by Crippen LogP contribution is -2.41. The van der Waals surface area contributed by atoms with Crippen molar-refractivity contribution in [1.29, 1.82) is 0 Å². The Morgan fingerprint density at radius 2 is 1.70 bits per heavy atom. The molecule has 222 valence electrons. The number of H-pyrrole nitrogens is 1. The van der Waals surface area contributed by atoms with E-state index in [-0.39, 0.29) is 37.0 Å². The Balaban J connectivity index is 1.69. The average Bonchev–Trinajstić information content (AvgIpc) is 3.44. The predicted octanol–water partition coefficient (Wildman–Crippen LogP) is 5.99. The van der Waals surface area contributed by atoms with Crippen LogP contribution >= 0.6 is 0 Å². The summed E-state index contributed by atoms with van der Waals surface area (Å²) in [6, 6.07) is 0.879. The van der Waals surface area contributed by atoms with Crippen molar-refractivity contribution in [3.63, 3.8) is 0 Å². The second-order valence-corrected chi connectivity index (χ2v) is 10.8. The molecule has 2 amide bonds. The molecule has 15 heteroatoms. The number of rotatable bonds is 9. The standard InChI is InChI=1S/C25H27F9N4O2/c1-22(27,28)11-35-20(39)14(10-25(32,33)34)13-2-3-15-18(16(13)26)37-19(36-15)17(38-21(40)23(29)8-9-23)12-4-6-24(30,31)7-5-12/h2-3,12,14,17H,4-11H2,1H3,(H,35,39)(H,36,37)(H,38,40)/t14-,17+/m1/s1. The highest BCUT2D eigenvalue weighted by Gasteiger charge is 2.52. The van der Waals surface area contributed by atoms with E-state index in [2.05, 4.69) is 15.3 Å². The summed E-state index contributed by atoms with van der Waals surface area (Å²) in [5.74, 6) is -13.1. The van der Waals surface area contributed by atoms with Gasteiger partial charge in [-0.05, 0) is 37.7 Å². The van der Waals surface area contributed by atoms with E-state index in [1.54, 1.807) is 5.32 Å². The number of fused-ring (bicyclic) bond motifs is 1. The molecule has 2 fully saturated rings. The topological polar surface area (TPSA) is 86.9 Å². The van der Waals surface area contributed by atoms with Crippen molar-refractivity contribution in [3.8, 4) is 0 Å². The maximum absolute atomic E-state index is 15.6. The van der Waals surface area contributed by atoms with E-state index in [0.717, 1.165) is 12.1 Å². The Kier molecular flexibility index (Phi) is 7.82. The second-order valence-electron chi connectivity index (χ2n) is 10.8. The second kappa shape index (κ2) is 10.4. The van der Waals surface area contributed by atoms with Crippen LogP contribution < -0.4 is 10.6 Å². The van der Waals surface area contributed by atoms with Crippen LogP contribution in [-0.4, -0.2) is 52.0 Å². The van der Waals surface area contributed by atoms with Gasteiger partial charge in [0.1, 0.15) is 11.3 Å². The zero-order chi connectivity index (χ0) is 29.7. The Morgan fingerprint density at radius 3 is 2.25 bits per heavy atom. The SMILES string of the molecule is CC(F)(F)CNC(=O)[C@H](CC(F)(F)F)c1ccc2[nH]c([C@@H](NC(=O)C3(F)CC3)C3CCC(F)(F)CC3)nc2c1F. The fourth-order valence-electron chi connectivity index (χ4n) is 4.85. The first kappa shape index (κ1) is 30.0. The third kappa shape index (κ3) is 7.00. The zero-order valence-corrected chi connectivity index (χ0v) is 21.2. The number of nitrogens with zero attached hydrogens (tertiary/aromatic N) is 1. The Morgan fingerprint density at radius 1 is 1.07 bits per heavy atom. The highest BCUT2D eigenvalue weighted by molar-refractivity contribution is 5.88. The smallest absolute Gasteiger partial charge is 0.350 e. The number of halogens is 9. The number of hydrogen-bond donors (Lipinski definition) is 3. The molecule has 1 aromatic heterocycles. The quantitative estimate of drug-likeness (QED) is 0.316. The molecular formula is C25H27F9N4O2. The van der Waals surface area contributed by atoms with E-state index in [9.17, 15) is 44.7 Å². The van der Waals surface area contributed by atoms with Gasteiger partial charge in [-0.3, -0.25) is 9.59 Å². The van der Waals surface area contributed by atoms with Gasteiger partial charge in [0.25, 0.3) is 11.8 Å². The molecule has 0 spiro atoms. The molecule has 1 aromatic carbocycles. The van der Waals surface area contributed by atoms with Crippen molar-refractivity contribution in [3.05, 3.63) is 29.3 Å². The van der Waals surface area contributed by atoms with E-state index in [1.807, 2.05) is 0 Å². The number of nitrogens with one attached hydrogen (secondary N) is 3. The van der Waals surface area contributed by atoms with Gasteiger partial charge >= 0.3 is 6.18 Å². The Bertz CT molecular complexity index is 1260. The van der Waals surface area contributed by atoms with Crippen LogP contribution in [-0.2, 0) is 9.59 Å². The summed E-state index contributed by atoms with van der Waals surface area (Å²) < 4.78 is 124. The minimum Gasteiger partial charge on any atom is -0.350 e. The molecular weight excluding hydrogens is 559 g/mol. The van der Waals surface area contributed by atoms with Crippen LogP contribution in [0.4, 0.5) is 39.5 Å². The van der Waals surface area contributed by atoms with Crippen LogP contribution in [0.5, 0.6) is 0 Å². The first-order valence-corrected chi connectivity index (χ1v) is 12.7. The van der Waals surface area contributed by atoms with Gasteiger partial charge in [-0.25, -0.2) is 31.3 Å². The summed E-state index contributed by atoms with van der Waals surface area (Å²) in [7, 11) is 0. The summed E-state index contributed by atoms with van der Waals surface area (Å²) in [6.45, 7) is -0.824. The van der Waals surface area contributed by atoms with Gasteiger partial charge < -0.3 is 15.6 Å². The average molecular weight is 586 g/mol. The van der Waals surface area contributed by atoms with E-state index in [1.165, 1.54) is 0 Å². The van der Waals surface area contributed by atoms with Gasteiger partial charge in [-0.15, -0.1) is 0 Å². The fourth-order valence-corrected chi connectivity index (χ4v) is 4.85. The summed E-state index contributed by atoms with van der Waals surface area (Å²) in [5, 5.41) is 4.18. The van der Waals surface area contributed by atoms with E-state index < -0.39 is 96.1 Å². The summed E-state index contributed by atoms with van der Waals surface area (Å²) in [5.41, 5.74) is -3.44. The van der Waals surface area contributed by atoms with Gasteiger partial charge in [0.05, 0.1) is 30.4 Å². The van der Waals surface area contributed by atoms with Crippen molar-refractivity contribution in [1.82, 2.24) is 20.6 Å². The lowest BCUT2D eigenvalue weighted by atomic mass is 9.81. The monoisotopic (exact) mass is 586 g/mol. The van der Waals surface area contributed by atoms with Gasteiger partial charge in [0.15, 0.2) is 11.5 Å². The van der Waals surface area contributed by atoms with Crippen LogP contribution in [0.15, 0.2) is 12.1 Å². The third-order valence-corrected chi connectivity index (χ3v) is 7.25. The largest absolute Gasteiger partial charge is 0.390 e. The lowest BCUT2D eigenvalue weighted by Gasteiger charge is -2.33. The molecule has 0 unspecified atom stereocenters. The van der Waals surface area contributed by atoms with Gasteiger partial charge in [-0.2, -0.15) is 13.2 Å². The van der Waals surface area contributed by atoms with Gasteiger partial charge in [0.2, 0.25) is 11.8 Å². The van der Waals surface area contributed by atoms with E-state index in [4.69, 9.17) is 0 Å². The molecule has 3 N–H and O–H groups in total. The van der Waals surface area contributed by atoms with Crippen molar-refractivity contribution >= 4 is 22.8 Å². The Labute approximate surface area is 222 Å². The molecule has 1 heterocycles. The first-order chi connectivity index (χ1) is 18.4. The van der Waals surface area contributed by atoms with E-state index in [0.29, 0.717) is 6.92 Å². The molecule has 4 rings (SSSR count). The number of aromatic nitrogens is 2. The van der Waals surface area contributed by atoms with Crippen LogP contribution in [0.3, 0.4) is 0 Å². The molecule has 2 aromatic rings. The molecule has 2 saturated carbocycles. The maximum Gasteiger partial charge on any atom is 0.390 e. The molecule has 0 bridgehead atoms. The van der Waals surface area contributed by atoms with Gasteiger partial charge in [-0.1, -0.05) is 6.07 Å². The normalized spacial score (nSPS) is 20.6. The number of carbonyl (C=O) groups excluding carboxylic acids is 2. The molecule has 2 aliphatic carbocycles. The van der Waals surface area contributed by atoms with Crippen molar-refractivity contribution in [2.24, 2.45) is 5.92 Å². The minimum atomic E-state index is -4.96. The number of carbonyl (C=O) groups is 2. The summed E-state index contributed by atoms with van der Waals surface area (Å²) >= 11 is 0. The molecule has 0 radical (unpaired) electrons. The Hall–Kier alpha value is -3.00. The zero-order valence-electron chi connectivity index (χ0n) is 21.2. The van der Waals surface area contributed by atoms with Crippen LogP contribution in [0.25, 0.3) is 11.0 Å². The number of benzene rings is 1. The van der Waals surface area contributed by atoms with E-state index >= 15 is 4.39 Å². The van der Waals surface area contributed by atoms with Crippen molar-refractivity contribution in [2.45, 2.75) is 87.5 Å². The van der Waals surface area contributed by atoms with Crippen LogP contribution in [0, 0.1) is 11.7 Å². The van der Waals surface area contributed by atoms with Gasteiger partial charge in [0, 0.05) is 25.3 Å². The molecule has 0 saturated heterocycles. The minimum absolute atomic E-state index is 0.0287. The summed E-state index contributed by atoms with van der Waals surface area (Å²) in [6.07, 6.45) is -8.02. The number of aromatic amines is 1. The molecule has 0 aliphatic heterocycles. The number of alkyl halides is 8. The predicted molar refractivity (Wildman–Crippen MR) is 124 cm³/mol. The number of hydrogen-bond acceptors (Lipinski definition) is 3. The molecule has 40 heavy (non-hydrogen) atoms. The highest BCUT2D eigenvalue weighted by Crippen LogP contribution is 2.44. The van der Waals surface area contributed by atoms with Crippen molar-refractivity contribution < 1.29 is 49.1 Å². The molecule has 6 nitrogen and oxygen atoms in total. The van der Waals surface area contributed by atoms with Crippen LogP contribution in [0.1, 0.15) is 75.2 Å². The highest BCUT2D eigenvalue weighted by atomic mass is 19.4. The first-order valence-electron chi connectivity index (χ1n) is 12.7. The molecule has 2 aliphatic rings. The maximum atomic E-state index is 15.6. The number of imidazole rings is 1. The third-order valence-electron chi connectivity index (χ3n) is 7.25. The molecule has 2 atom stereocenters. The van der Waals surface area contributed by atoms with Crippen LogP contribution in [0.2, 0.25) is 0 Å². The fraction of sp³-hybridized carbons (Fsp3) is 0.640.